The van der Waals surface area contributed by atoms with Gasteiger partial charge in [0.25, 0.3) is 5.56 Å². The van der Waals surface area contributed by atoms with Crippen LogP contribution in [0.4, 0.5) is 0 Å². The van der Waals surface area contributed by atoms with Crippen molar-refractivity contribution in [2.45, 2.75) is 75.4 Å². The molecular formula is C22H28N4O2S. The first-order valence-electron chi connectivity index (χ1n) is 10.2. The fourth-order valence-electron chi connectivity index (χ4n) is 3.56. The Morgan fingerprint density at radius 3 is 2.59 bits per heavy atom. The summed E-state index contributed by atoms with van der Waals surface area (Å²) < 4.78 is 1.79. The summed E-state index contributed by atoms with van der Waals surface area (Å²) in [4.78, 5) is 30.8. The zero-order valence-electron chi connectivity index (χ0n) is 17.4. The number of rotatable bonds is 6. The second-order valence-corrected chi connectivity index (χ2v) is 9.55. The van der Waals surface area contributed by atoms with Gasteiger partial charge in [-0.1, -0.05) is 50.6 Å². The number of hydrogen-bond acceptors (Lipinski definition) is 5. The third-order valence-electron chi connectivity index (χ3n) is 5.89. The number of thioether (sulfide) groups is 1. The highest BCUT2D eigenvalue weighted by Crippen LogP contribution is 2.33. The van der Waals surface area contributed by atoms with E-state index in [0.717, 1.165) is 25.7 Å². The second kappa shape index (κ2) is 8.58. The molecule has 1 N–H and O–H groups in total. The highest BCUT2D eigenvalue weighted by Gasteiger charge is 2.33. The van der Waals surface area contributed by atoms with Gasteiger partial charge in [0.2, 0.25) is 5.91 Å². The van der Waals surface area contributed by atoms with E-state index in [1.165, 1.54) is 11.8 Å². The molecule has 1 aliphatic rings. The summed E-state index contributed by atoms with van der Waals surface area (Å²) in [6.07, 6.45) is 4.10. The molecule has 1 saturated carbocycles. The summed E-state index contributed by atoms with van der Waals surface area (Å²) in [6.45, 7) is 7.34. The molecule has 1 aromatic carbocycles. The SMILES string of the molecule is CC(C)[C@@](C)(C#N)NC(=O)[C@@H](C)Sc1nc2ccccc2c(=O)n1C1CCCC1. The molecule has 2 atom stereocenters. The molecule has 1 aromatic heterocycles. The standard InChI is InChI=1S/C22H28N4O2S/c1-14(2)22(4,13-23)25-19(27)15(3)29-21-24-18-12-8-7-11-17(18)20(28)26(21)16-9-5-6-10-16/h7-8,11-12,14-16H,5-6,9-10H2,1-4H3,(H,25,27)/t15-,22-/m1/s1. The average Bonchev–Trinajstić information content (AvgIpc) is 3.22. The van der Waals surface area contributed by atoms with Gasteiger partial charge in [-0.25, -0.2) is 4.98 Å². The number of fused-ring (bicyclic) bond motifs is 1. The first kappa shape index (κ1) is 21.4. The zero-order valence-corrected chi connectivity index (χ0v) is 18.3. The Balaban J connectivity index is 1.94. The Morgan fingerprint density at radius 1 is 1.31 bits per heavy atom. The number of carbonyl (C=O) groups is 1. The van der Waals surface area contributed by atoms with Gasteiger partial charge in [0.15, 0.2) is 5.16 Å². The van der Waals surface area contributed by atoms with Crippen LogP contribution in [0.3, 0.4) is 0 Å². The summed E-state index contributed by atoms with van der Waals surface area (Å²) in [6, 6.07) is 9.67. The van der Waals surface area contributed by atoms with Gasteiger partial charge in [0.05, 0.1) is 22.2 Å². The molecule has 1 fully saturated rings. The van der Waals surface area contributed by atoms with Crippen LogP contribution >= 0.6 is 11.8 Å². The summed E-state index contributed by atoms with van der Waals surface area (Å²) in [5.74, 6) is -0.253. The molecule has 7 heteroatoms. The molecular weight excluding hydrogens is 384 g/mol. The quantitative estimate of drug-likeness (QED) is 0.571. The van der Waals surface area contributed by atoms with Gasteiger partial charge in [-0.05, 0) is 44.7 Å². The van der Waals surface area contributed by atoms with E-state index < -0.39 is 10.8 Å². The number of amides is 1. The maximum absolute atomic E-state index is 13.2. The van der Waals surface area contributed by atoms with Crippen molar-refractivity contribution < 1.29 is 4.79 Å². The van der Waals surface area contributed by atoms with E-state index in [-0.39, 0.29) is 23.4 Å². The third kappa shape index (κ3) is 4.32. The van der Waals surface area contributed by atoms with Crippen molar-refractivity contribution in [1.82, 2.24) is 14.9 Å². The van der Waals surface area contributed by atoms with Crippen LogP contribution in [0.1, 0.15) is 59.4 Å². The van der Waals surface area contributed by atoms with Crippen LogP contribution < -0.4 is 10.9 Å². The number of nitrogens with zero attached hydrogens (tertiary/aromatic N) is 3. The smallest absolute Gasteiger partial charge is 0.262 e. The molecule has 29 heavy (non-hydrogen) atoms. The predicted octanol–water partition coefficient (Wildman–Crippen LogP) is 4.05. The molecule has 0 radical (unpaired) electrons. The van der Waals surface area contributed by atoms with E-state index in [4.69, 9.17) is 4.98 Å². The molecule has 3 rings (SSSR count). The van der Waals surface area contributed by atoms with Crippen molar-refractivity contribution >= 4 is 28.6 Å². The summed E-state index contributed by atoms with van der Waals surface area (Å²) >= 11 is 1.29. The van der Waals surface area contributed by atoms with Crippen LogP contribution in [0, 0.1) is 17.2 Å². The molecule has 0 unspecified atom stereocenters. The fourth-order valence-corrected chi connectivity index (χ4v) is 4.54. The van der Waals surface area contributed by atoms with Gasteiger partial charge in [-0.3, -0.25) is 14.2 Å². The van der Waals surface area contributed by atoms with Crippen LogP contribution in [0.25, 0.3) is 10.9 Å². The summed E-state index contributed by atoms with van der Waals surface area (Å²) in [5, 5.41) is 13.1. The lowest BCUT2D eigenvalue weighted by Crippen LogP contribution is -2.51. The van der Waals surface area contributed by atoms with Crippen LogP contribution in [0.15, 0.2) is 34.2 Å². The molecule has 154 valence electrons. The molecule has 0 spiro atoms. The van der Waals surface area contributed by atoms with Crippen molar-refractivity contribution in [2.24, 2.45) is 5.92 Å². The zero-order chi connectivity index (χ0) is 21.2. The van der Waals surface area contributed by atoms with Crippen LogP contribution in [-0.2, 0) is 4.79 Å². The molecule has 6 nitrogen and oxygen atoms in total. The number of aromatic nitrogens is 2. The van der Waals surface area contributed by atoms with Gasteiger partial charge >= 0.3 is 0 Å². The van der Waals surface area contributed by atoms with Gasteiger partial charge in [-0.2, -0.15) is 5.26 Å². The fraction of sp³-hybridized carbons (Fsp3) is 0.545. The molecule has 2 aromatic rings. The minimum atomic E-state index is -0.937. The Bertz CT molecular complexity index is 1000. The third-order valence-corrected chi connectivity index (χ3v) is 6.95. The van der Waals surface area contributed by atoms with Crippen molar-refractivity contribution in [3.63, 3.8) is 0 Å². The average molecular weight is 413 g/mol. The van der Waals surface area contributed by atoms with Gasteiger partial charge in [0.1, 0.15) is 5.54 Å². The predicted molar refractivity (Wildman–Crippen MR) is 116 cm³/mol. The van der Waals surface area contributed by atoms with E-state index in [1.54, 1.807) is 18.4 Å². The number of carbonyl (C=O) groups excluding carboxylic acids is 1. The molecule has 0 aliphatic heterocycles. The van der Waals surface area contributed by atoms with E-state index in [9.17, 15) is 14.9 Å². The highest BCUT2D eigenvalue weighted by molar-refractivity contribution is 8.00. The molecule has 0 bridgehead atoms. The second-order valence-electron chi connectivity index (χ2n) is 8.24. The minimum absolute atomic E-state index is 0.0240. The first-order valence-corrected chi connectivity index (χ1v) is 11.1. The number of benzene rings is 1. The Labute approximate surface area is 175 Å². The maximum Gasteiger partial charge on any atom is 0.262 e. The molecule has 0 saturated heterocycles. The number of para-hydroxylation sites is 1. The highest BCUT2D eigenvalue weighted by atomic mass is 32.2. The van der Waals surface area contributed by atoms with Crippen LogP contribution in [0.5, 0.6) is 0 Å². The first-order chi connectivity index (χ1) is 13.8. The van der Waals surface area contributed by atoms with E-state index >= 15 is 0 Å². The lowest BCUT2D eigenvalue weighted by atomic mass is 9.90. The largest absolute Gasteiger partial charge is 0.337 e. The van der Waals surface area contributed by atoms with Gasteiger partial charge in [0, 0.05) is 6.04 Å². The van der Waals surface area contributed by atoms with E-state index in [1.807, 2.05) is 38.1 Å². The Hall–Kier alpha value is -2.33. The normalized spacial score (nSPS) is 17.8. The topological polar surface area (TPSA) is 87.8 Å². The number of nitrogens with one attached hydrogen (secondary N) is 1. The molecule has 1 aliphatic carbocycles. The van der Waals surface area contributed by atoms with Gasteiger partial charge < -0.3 is 5.32 Å². The van der Waals surface area contributed by atoms with Gasteiger partial charge in [-0.15, -0.1) is 0 Å². The Kier molecular flexibility index (Phi) is 6.33. The van der Waals surface area contributed by atoms with E-state index in [0.29, 0.717) is 16.1 Å². The number of hydrogen-bond donors (Lipinski definition) is 1. The van der Waals surface area contributed by atoms with E-state index in [2.05, 4.69) is 11.4 Å². The van der Waals surface area contributed by atoms with Crippen LogP contribution in [0.2, 0.25) is 0 Å². The van der Waals surface area contributed by atoms with Crippen molar-refractivity contribution in [2.75, 3.05) is 0 Å². The van der Waals surface area contributed by atoms with Crippen molar-refractivity contribution in [3.8, 4) is 6.07 Å². The van der Waals surface area contributed by atoms with Crippen LogP contribution in [-0.4, -0.2) is 26.2 Å². The molecule has 1 heterocycles. The number of nitriles is 1. The molecule has 1 amide bonds. The van der Waals surface area contributed by atoms with Crippen molar-refractivity contribution in [1.29, 1.82) is 5.26 Å². The Morgan fingerprint density at radius 2 is 1.97 bits per heavy atom. The lowest BCUT2D eigenvalue weighted by molar-refractivity contribution is -0.121. The lowest BCUT2D eigenvalue weighted by Gasteiger charge is -2.29. The monoisotopic (exact) mass is 412 g/mol. The maximum atomic E-state index is 13.2. The minimum Gasteiger partial charge on any atom is -0.337 e. The summed E-state index contributed by atoms with van der Waals surface area (Å²) in [7, 11) is 0. The van der Waals surface area contributed by atoms with Crippen molar-refractivity contribution in [3.05, 3.63) is 34.6 Å². The summed E-state index contributed by atoms with van der Waals surface area (Å²) in [5.41, 5.74) is -0.332.